The van der Waals surface area contributed by atoms with Crippen molar-refractivity contribution in [3.63, 3.8) is 0 Å². The van der Waals surface area contributed by atoms with E-state index in [1.807, 2.05) is 0 Å². The fourth-order valence-corrected chi connectivity index (χ4v) is 5.30. The quantitative estimate of drug-likeness (QED) is 0.817. The van der Waals surface area contributed by atoms with Crippen LogP contribution in [-0.2, 0) is 4.79 Å². The van der Waals surface area contributed by atoms with E-state index in [1.54, 1.807) is 0 Å². The molecule has 0 heterocycles. The van der Waals surface area contributed by atoms with Gasteiger partial charge in [-0.2, -0.15) is 0 Å². The van der Waals surface area contributed by atoms with Crippen molar-refractivity contribution in [3.8, 4) is 0 Å². The third kappa shape index (κ3) is 2.86. The molecular formula is C18H31NO2. The van der Waals surface area contributed by atoms with E-state index in [-0.39, 0.29) is 11.3 Å². The lowest BCUT2D eigenvalue weighted by Crippen LogP contribution is -2.62. The molecule has 0 aromatic rings. The lowest BCUT2D eigenvalue weighted by atomic mass is 9.52. The molecule has 3 nitrogen and oxygen atoms in total. The highest BCUT2D eigenvalue weighted by molar-refractivity contribution is 5.82. The summed E-state index contributed by atoms with van der Waals surface area (Å²) in [6.07, 6.45) is 8.44. The lowest BCUT2D eigenvalue weighted by molar-refractivity contribution is -0.150. The molecule has 1 amide bonds. The second kappa shape index (κ2) is 5.26. The largest absolute Gasteiger partial charge is 0.390 e. The Balaban J connectivity index is 1.65. The third-order valence-electron chi connectivity index (χ3n) is 6.31. The van der Waals surface area contributed by atoms with Crippen LogP contribution < -0.4 is 5.32 Å². The summed E-state index contributed by atoms with van der Waals surface area (Å²) in [7, 11) is 0. The first-order valence-corrected chi connectivity index (χ1v) is 8.86. The molecule has 21 heavy (non-hydrogen) atoms. The molecule has 2 atom stereocenters. The topological polar surface area (TPSA) is 49.3 Å². The standard InChI is InChI=1S/C18H31NO2/c1-4-5-6-17(2,3)16(20)19-15-13-7-12-8-14(15)11-18(21,9-12)10-13/h12-15,21H,4-11H2,1-3H3,(H,19,20). The summed E-state index contributed by atoms with van der Waals surface area (Å²) in [5.41, 5.74) is -0.670. The second-order valence-corrected chi connectivity index (χ2v) is 8.68. The Morgan fingerprint density at radius 1 is 1.24 bits per heavy atom. The van der Waals surface area contributed by atoms with E-state index in [9.17, 15) is 9.90 Å². The number of aliphatic hydroxyl groups is 1. The van der Waals surface area contributed by atoms with Gasteiger partial charge in [0.1, 0.15) is 0 Å². The summed E-state index contributed by atoms with van der Waals surface area (Å²) >= 11 is 0. The normalized spacial score (nSPS) is 41.3. The molecule has 0 aromatic heterocycles. The van der Waals surface area contributed by atoms with Crippen LogP contribution in [-0.4, -0.2) is 22.7 Å². The molecule has 4 bridgehead atoms. The van der Waals surface area contributed by atoms with E-state index in [4.69, 9.17) is 0 Å². The summed E-state index contributed by atoms with van der Waals surface area (Å²) in [6.45, 7) is 6.32. The van der Waals surface area contributed by atoms with Crippen molar-refractivity contribution >= 4 is 5.91 Å². The summed E-state index contributed by atoms with van der Waals surface area (Å²) in [4.78, 5) is 12.7. The molecule has 0 saturated heterocycles. The van der Waals surface area contributed by atoms with Crippen LogP contribution in [0.25, 0.3) is 0 Å². The maximum absolute atomic E-state index is 12.7. The minimum atomic E-state index is -0.407. The monoisotopic (exact) mass is 293 g/mol. The molecule has 2 N–H and O–H groups in total. The van der Waals surface area contributed by atoms with E-state index in [0.717, 1.165) is 38.5 Å². The van der Waals surface area contributed by atoms with E-state index < -0.39 is 5.60 Å². The van der Waals surface area contributed by atoms with Gasteiger partial charge in [-0.25, -0.2) is 0 Å². The zero-order valence-electron chi connectivity index (χ0n) is 13.8. The van der Waals surface area contributed by atoms with Crippen molar-refractivity contribution in [2.24, 2.45) is 23.2 Å². The Morgan fingerprint density at radius 2 is 1.86 bits per heavy atom. The van der Waals surface area contributed by atoms with Gasteiger partial charge in [-0.05, 0) is 56.3 Å². The van der Waals surface area contributed by atoms with Crippen LogP contribution in [0.15, 0.2) is 0 Å². The van der Waals surface area contributed by atoms with E-state index in [1.165, 1.54) is 12.8 Å². The van der Waals surface area contributed by atoms with Crippen LogP contribution in [0.4, 0.5) is 0 Å². The van der Waals surface area contributed by atoms with Gasteiger partial charge in [0.05, 0.1) is 5.60 Å². The molecule has 0 aliphatic heterocycles. The third-order valence-corrected chi connectivity index (χ3v) is 6.31. The van der Waals surface area contributed by atoms with Crippen LogP contribution >= 0.6 is 0 Å². The maximum atomic E-state index is 12.7. The first kappa shape index (κ1) is 15.3. The predicted octanol–water partition coefficient (Wildman–Crippen LogP) is 3.26. The van der Waals surface area contributed by atoms with Crippen molar-refractivity contribution in [2.45, 2.75) is 83.8 Å². The van der Waals surface area contributed by atoms with Gasteiger partial charge in [-0.3, -0.25) is 4.79 Å². The SMILES string of the molecule is CCCCC(C)(C)C(=O)NC1C2CC3CC1CC(O)(C3)C2. The Hall–Kier alpha value is -0.570. The van der Waals surface area contributed by atoms with Crippen LogP contribution in [0.3, 0.4) is 0 Å². The van der Waals surface area contributed by atoms with Gasteiger partial charge in [-0.1, -0.05) is 33.6 Å². The fourth-order valence-electron chi connectivity index (χ4n) is 5.30. The first-order valence-electron chi connectivity index (χ1n) is 8.86. The average molecular weight is 293 g/mol. The molecule has 4 rings (SSSR count). The summed E-state index contributed by atoms with van der Waals surface area (Å²) in [6, 6.07) is 0.315. The Labute approximate surface area is 128 Å². The molecule has 2 unspecified atom stereocenters. The molecule has 4 aliphatic rings. The van der Waals surface area contributed by atoms with Crippen molar-refractivity contribution in [1.82, 2.24) is 5.32 Å². The maximum Gasteiger partial charge on any atom is 0.225 e. The minimum Gasteiger partial charge on any atom is -0.390 e. The number of hydrogen-bond acceptors (Lipinski definition) is 2. The second-order valence-electron chi connectivity index (χ2n) is 8.68. The molecular weight excluding hydrogens is 262 g/mol. The summed E-state index contributed by atoms with van der Waals surface area (Å²) in [5, 5.41) is 14.0. The van der Waals surface area contributed by atoms with E-state index in [0.29, 0.717) is 23.8 Å². The minimum absolute atomic E-state index is 0.223. The van der Waals surface area contributed by atoms with Gasteiger partial charge < -0.3 is 10.4 Å². The number of nitrogens with one attached hydrogen (secondary N) is 1. The van der Waals surface area contributed by atoms with Crippen molar-refractivity contribution in [3.05, 3.63) is 0 Å². The molecule has 4 fully saturated rings. The van der Waals surface area contributed by atoms with Crippen LogP contribution in [0.2, 0.25) is 0 Å². The van der Waals surface area contributed by atoms with Crippen LogP contribution in [0.5, 0.6) is 0 Å². The van der Waals surface area contributed by atoms with Gasteiger partial charge in [0.2, 0.25) is 5.91 Å². The van der Waals surface area contributed by atoms with Crippen LogP contribution in [0, 0.1) is 23.2 Å². The van der Waals surface area contributed by atoms with Gasteiger partial charge >= 0.3 is 0 Å². The smallest absolute Gasteiger partial charge is 0.225 e. The number of unbranched alkanes of at least 4 members (excludes halogenated alkanes) is 1. The van der Waals surface area contributed by atoms with Crippen molar-refractivity contribution < 1.29 is 9.90 Å². The highest BCUT2D eigenvalue weighted by Gasteiger charge is 2.55. The number of carbonyl (C=O) groups is 1. The average Bonchev–Trinajstić information content (AvgIpc) is 2.38. The number of hydrogen-bond donors (Lipinski definition) is 2. The fraction of sp³-hybridized carbons (Fsp3) is 0.944. The molecule has 0 spiro atoms. The first-order chi connectivity index (χ1) is 9.83. The molecule has 120 valence electrons. The number of amides is 1. The van der Waals surface area contributed by atoms with Crippen molar-refractivity contribution in [1.29, 1.82) is 0 Å². The molecule has 4 aliphatic carbocycles. The van der Waals surface area contributed by atoms with Gasteiger partial charge in [0.15, 0.2) is 0 Å². The zero-order valence-corrected chi connectivity index (χ0v) is 13.8. The summed E-state index contributed by atoms with van der Waals surface area (Å²) in [5.74, 6) is 1.94. The Kier molecular flexibility index (Phi) is 3.84. The molecule has 3 heteroatoms. The zero-order chi connectivity index (χ0) is 15.3. The van der Waals surface area contributed by atoms with Gasteiger partial charge in [-0.15, -0.1) is 0 Å². The van der Waals surface area contributed by atoms with E-state index in [2.05, 4.69) is 26.1 Å². The molecule has 4 saturated carbocycles. The number of rotatable bonds is 5. The van der Waals surface area contributed by atoms with Crippen LogP contribution in [0.1, 0.15) is 72.1 Å². The van der Waals surface area contributed by atoms with E-state index >= 15 is 0 Å². The molecule has 0 aromatic carbocycles. The molecule has 0 radical (unpaired) electrons. The number of carbonyl (C=O) groups excluding carboxylic acids is 1. The Morgan fingerprint density at radius 3 is 2.38 bits per heavy atom. The lowest BCUT2D eigenvalue weighted by Gasteiger charge is -2.58. The predicted molar refractivity (Wildman–Crippen MR) is 83.7 cm³/mol. The van der Waals surface area contributed by atoms with Gasteiger partial charge in [0, 0.05) is 11.5 Å². The summed E-state index contributed by atoms with van der Waals surface area (Å²) < 4.78 is 0. The highest BCUT2D eigenvalue weighted by atomic mass is 16.3. The van der Waals surface area contributed by atoms with Crippen molar-refractivity contribution in [2.75, 3.05) is 0 Å². The van der Waals surface area contributed by atoms with Gasteiger partial charge in [0.25, 0.3) is 0 Å². The highest BCUT2D eigenvalue weighted by Crippen LogP contribution is 2.55. The Bertz CT molecular complexity index is 401.